The number of alkyl halides is 2. The molecule has 1 atom stereocenters. The van der Waals surface area contributed by atoms with Gasteiger partial charge in [0.05, 0.1) is 20.3 Å². The van der Waals surface area contributed by atoms with Crippen molar-refractivity contribution in [3.8, 4) is 0 Å². The Balaban J connectivity index is 1.95. The number of nitrogens with zero attached hydrogens (tertiary/aromatic N) is 3. The van der Waals surface area contributed by atoms with Crippen LogP contribution in [0.25, 0.3) is 0 Å². The number of carbonyl (C=O) groups is 2. The Bertz CT molecular complexity index is 1210. The molecule has 2 N–H and O–H groups in total. The molecule has 12 heteroatoms. The second-order valence-corrected chi connectivity index (χ2v) is 10.5. The van der Waals surface area contributed by atoms with Gasteiger partial charge in [0.1, 0.15) is 5.82 Å². The van der Waals surface area contributed by atoms with Crippen LogP contribution >= 0.6 is 11.6 Å². The predicted octanol–water partition coefficient (Wildman–Crippen LogP) is 5.06. The Kier molecular flexibility index (Phi) is 7.23. The number of nitrogens with one attached hydrogen (secondary N) is 1. The van der Waals surface area contributed by atoms with E-state index in [0.29, 0.717) is 12.1 Å². The molecule has 8 nitrogen and oxygen atoms in total. The maximum atomic E-state index is 13.8. The van der Waals surface area contributed by atoms with E-state index in [2.05, 4.69) is 14.7 Å². The molecule has 1 fully saturated rings. The Morgan fingerprint density at radius 2 is 2.03 bits per heavy atom. The summed E-state index contributed by atoms with van der Waals surface area (Å²) < 4.78 is 43.5. The monoisotopic (exact) mass is 500 g/mol. The highest BCUT2D eigenvalue weighted by Crippen LogP contribution is 2.33. The lowest BCUT2D eigenvalue weighted by molar-refractivity contribution is -0.0102. The van der Waals surface area contributed by atoms with E-state index in [0.717, 1.165) is 0 Å². The number of halogens is 3. The van der Waals surface area contributed by atoms with Crippen molar-refractivity contribution in [1.29, 1.82) is 0 Å². The van der Waals surface area contributed by atoms with E-state index in [-0.39, 0.29) is 52.8 Å². The first-order valence-electron chi connectivity index (χ1n) is 10.0. The normalized spacial score (nSPS) is 17.5. The summed E-state index contributed by atoms with van der Waals surface area (Å²) in [5.41, 5.74) is 0.831. The molecule has 2 aromatic rings. The molecule has 1 saturated heterocycles. The van der Waals surface area contributed by atoms with Gasteiger partial charge in [0.15, 0.2) is 0 Å². The number of hydrogen-bond donors (Lipinski definition) is 2. The van der Waals surface area contributed by atoms with Gasteiger partial charge in [0.25, 0.3) is 5.91 Å². The van der Waals surface area contributed by atoms with Crippen molar-refractivity contribution in [3.05, 3.63) is 46.6 Å². The Hall–Kier alpha value is -2.79. The summed E-state index contributed by atoms with van der Waals surface area (Å²) in [5, 5.41) is 11.8. The largest absolute Gasteiger partial charge is 0.463 e. The fraction of sp³-hybridized carbons (Fsp3) is 0.381. The van der Waals surface area contributed by atoms with Gasteiger partial charge in [-0.1, -0.05) is 17.7 Å². The molecular formula is C21H23ClF2N4O4S. The van der Waals surface area contributed by atoms with E-state index in [9.17, 15) is 22.6 Å². The number of benzene rings is 1. The van der Waals surface area contributed by atoms with Crippen LogP contribution < -0.4 is 10.2 Å². The van der Waals surface area contributed by atoms with Crippen LogP contribution in [0.15, 0.2) is 39.7 Å². The summed E-state index contributed by atoms with van der Waals surface area (Å²) in [4.78, 5) is 30.1. The Morgan fingerprint density at radius 3 is 2.73 bits per heavy atom. The first kappa shape index (κ1) is 24.8. The standard InChI is InChI=1S/C21H23ClF2N4O4S/c1-13-16(22)12-25-18(28-9-4-7-21(23,24)8-10-28)17(13)19(29)26-14-5-3-6-15(11-14)33(2,32)27-20(30)31/h3,5-6,11-12H,4,7-10H2,1-2H3,(H,26,29)(H,30,31). The van der Waals surface area contributed by atoms with Gasteiger partial charge in [-0.05, 0) is 37.1 Å². The third kappa shape index (κ3) is 5.97. The SMILES string of the molecule is Cc1c(Cl)cnc(N2CCCC(F)(F)CC2)c1C(=O)Nc1cccc(S(C)(=O)=NC(=O)O)c1. The van der Waals surface area contributed by atoms with Gasteiger partial charge in [-0.25, -0.2) is 22.8 Å². The highest BCUT2D eigenvalue weighted by molar-refractivity contribution is 7.93. The fourth-order valence-electron chi connectivity index (χ4n) is 3.56. The average Bonchev–Trinajstić information content (AvgIpc) is 2.89. The van der Waals surface area contributed by atoms with Crippen LogP contribution in [-0.4, -0.2) is 51.6 Å². The molecule has 2 heterocycles. The van der Waals surface area contributed by atoms with Gasteiger partial charge in [0.2, 0.25) is 5.92 Å². The number of rotatable bonds is 4. The predicted molar refractivity (Wildman–Crippen MR) is 122 cm³/mol. The minimum atomic E-state index is -3.23. The van der Waals surface area contributed by atoms with Crippen LogP contribution in [0.5, 0.6) is 0 Å². The molecule has 0 bridgehead atoms. The molecule has 1 aromatic carbocycles. The summed E-state index contributed by atoms with van der Waals surface area (Å²) in [6.07, 6.45) is 0.661. The first-order chi connectivity index (χ1) is 15.4. The maximum Gasteiger partial charge on any atom is 0.439 e. The minimum absolute atomic E-state index is 0.0332. The van der Waals surface area contributed by atoms with E-state index in [1.807, 2.05) is 0 Å². The van der Waals surface area contributed by atoms with Gasteiger partial charge in [-0.3, -0.25) is 4.79 Å². The Morgan fingerprint density at radius 1 is 1.30 bits per heavy atom. The van der Waals surface area contributed by atoms with Gasteiger partial charge < -0.3 is 15.3 Å². The zero-order valence-corrected chi connectivity index (χ0v) is 19.6. The van der Waals surface area contributed by atoms with Crippen LogP contribution in [0.1, 0.15) is 35.2 Å². The average molecular weight is 501 g/mol. The summed E-state index contributed by atoms with van der Waals surface area (Å²) in [7, 11) is -3.23. The number of carboxylic acid groups (broad SMARTS) is 1. The summed E-state index contributed by atoms with van der Waals surface area (Å²) in [6, 6.07) is 5.86. The molecule has 0 aliphatic carbocycles. The van der Waals surface area contributed by atoms with Crippen LogP contribution in [0.2, 0.25) is 5.02 Å². The molecule has 1 aromatic heterocycles. The van der Waals surface area contributed by atoms with Crippen LogP contribution in [0.3, 0.4) is 0 Å². The Labute approximate surface area is 195 Å². The summed E-state index contributed by atoms with van der Waals surface area (Å²) >= 11 is 6.20. The van der Waals surface area contributed by atoms with Crippen LogP contribution in [0, 0.1) is 6.92 Å². The quantitative estimate of drug-likeness (QED) is 0.607. The van der Waals surface area contributed by atoms with Gasteiger partial charge in [-0.15, -0.1) is 4.36 Å². The summed E-state index contributed by atoms with van der Waals surface area (Å²) in [5.74, 6) is -3.10. The molecule has 0 radical (unpaired) electrons. The zero-order valence-electron chi connectivity index (χ0n) is 18.0. The van der Waals surface area contributed by atoms with Crippen LogP contribution in [-0.2, 0) is 9.73 Å². The minimum Gasteiger partial charge on any atom is -0.463 e. The van der Waals surface area contributed by atoms with Crippen molar-refractivity contribution in [2.45, 2.75) is 37.0 Å². The number of pyridine rings is 1. The lowest BCUT2D eigenvalue weighted by Gasteiger charge is -2.25. The molecule has 2 amide bonds. The van der Waals surface area contributed by atoms with E-state index < -0.39 is 27.7 Å². The van der Waals surface area contributed by atoms with Crippen molar-refractivity contribution < 1.29 is 27.7 Å². The third-order valence-corrected chi connectivity index (χ3v) is 7.30. The first-order valence-corrected chi connectivity index (χ1v) is 12.3. The van der Waals surface area contributed by atoms with E-state index >= 15 is 0 Å². The van der Waals surface area contributed by atoms with Crippen molar-refractivity contribution in [1.82, 2.24) is 4.98 Å². The molecule has 0 saturated carbocycles. The molecule has 1 aliphatic heterocycles. The van der Waals surface area contributed by atoms with Crippen molar-refractivity contribution in [2.24, 2.45) is 4.36 Å². The molecule has 33 heavy (non-hydrogen) atoms. The van der Waals surface area contributed by atoms with E-state index in [4.69, 9.17) is 16.7 Å². The number of hydrogen-bond acceptors (Lipinski definition) is 5. The highest BCUT2D eigenvalue weighted by Gasteiger charge is 2.33. The number of aromatic nitrogens is 1. The molecule has 178 valence electrons. The van der Waals surface area contributed by atoms with Crippen molar-refractivity contribution >= 4 is 44.8 Å². The molecule has 3 rings (SSSR count). The molecule has 1 aliphatic rings. The maximum absolute atomic E-state index is 13.8. The molecular weight excluding hydrogens is 478 g/mol. The van der Waals surface area contributed by atoms with E-state index in [1.165, 1.54) is 36.7 Å². The second-order valence-electron chi connectivity index (χ2n) is 7.78. The highest BCUT2D eigenvalue weighted by atomic mass is 35.5. The van der Waals surface area contributed by atoms with Gasteiger partial charge >= 0.3 is 6.09 Å². The van der Waals surface area contributed by atoms with Crippen molar-refractivity contribution in [3.63, 3.8) is 0 Å². The fourth-order valence-corrected chi connectivity index (χ4v) is 4.78. The van der Waals surface area contributed by atoms with Crippen LogP contribution in [0.4, 0.5) is 25.1 Å². The van der Waals surface area contributed by atoms with Crippen molar-refractivity contribution in [2.75, 3.05) is 29.6 Å². The van der Waals surface area contributed by atoms with E-state index in [1.54, 1.807) is 11.8 Å². The third-order valence-electron chi connectivity index (χ3n) is 5.28. The lowest BCUT2D eigenvalue weighted by atomic mass is 10.1. The van der Waals surface area contributed by atoms with Gasteiger partial charge in [0, 0.05) is 49.0 Å². The van der Waals surface area contributed by atoms with Gasteiger partial charge in [-0.2, -0.15) is 0 Å². The summed E-state index contributed by atoms with van der Waals surface area (Å²) in [6.45, 7) is 1.98. The lowest BCUT2D eigenvalue weighted by Crippen LogP contribution is -2.30. The molecule has 1 unspecified atom stereocenters. The number of amides is 2. The molecule has 0 spiro atoms. The number of carbonyl (C=O) groups excluding carboxylic acids is 1. The smallest absolute Gasteiger partial charge is 0.439 e. The zero-order chi connectivity index (χ0) is 24.4. The number of anilines is 2. The topological polar surface area (TPSA) is 112 Å². The second kappa shape index (κ2) is 9.60.